The minimum Gasteiger partial charge on any atom is -0.406 e. The molecule has 1 aliphatic heterocycles. The maximum atomic E-state index is 12.7. The zero-order valence-electron chi connectivity index (χ0n) is 14.2. The van der Waals surface area contributed by atoms with E-state index in [1.165, 1.54) is 10.4 Å². The molecule has 0 aliphatic carbocycles. The van der Waals surface area contributed by atoms with Crippen LogP contribution in [0.2, 0.25) is 0 Å². The van der Waals surface area contributed by atoms with E-state index in [9.17, 15) is 30.0 Å². The highest BCUT2D eigenvalue weighted by Crippen LogP contribution is 2.27. The van der Waals surface area contributed by atoms with Crippen molar-refractivity contribution in [3.63, 3.8) is 0 Å². The molecule has 0 N–H and O–H groups in total. The van der Waals surface area contributed by atoms with Crippen LogP contribution >= 0.6 is 11.3 Å². The summed E-state index contributed by atoms with van der Waals surface area (Å²) in [5.74, 6) is -0.529. The molecule has 0 spiro atoms. The van der Waals surface area contributed by atoms with E-state index in [1.54, 1.807) is 11.4 Å². The van der Waals surface area contributed by atoms with Crippen molar-refractivity contribution < 1.29 is 34.7 Å². The normalized spacial score (nSPS) is 17.5. The Balaban J connectivity index is 1.69. The summed E-state index contributed by atoms with van der Waals surface area (Å²) in [6, 6.07) is 6.96. The van der Waals surface area contributed by atoms with Crippen LogP contribution in [0.15, 0.2) is 50.9 Å². The molecule has 13 heteroatoms. The van der Waals surface area contributed by atoms with Crippen molar-refractivity contribution in [3.05, 3.63) is 41.8 Å². The molecule has 0 bridgehead atoms. The lowest BCUT2D eigenvalue weighted by Gasteiger charge is -2.32. The summed E-state index contributed by atoms with van der Waals surface area (Å²) in [7, 11) is -7.64. The van der Waals surface area contributed by atoms with Crippen LogP contribution in [0.1, 0.15) is 0 Å². The zero-order chi connectivity index (χ0) is 20.6. The molecular weight excluding hydrogens is 441 g/mol. The first-order valence-corrected chi connectivity index (χ1v) is 11.7. The van der Waals surface area contributed by atoms with E-state index in [0.717, 1.165) is 39.9 Å². The molecule has 1 aliphatic rings. The SMILES string of the molecule is O=S(=O)(c1ccc(OC(F)(F)F)cc1)N1CCN(S(=O)(=O)c2cccs2)CC1. The van der Waals surface area contributed by atoms with Gasteiger partial charge in [0, 0.05) is 26.2 Å². The van der Waals surface area contributed by atoms with Crippen LogP contribution in [0.3, 0.4) is 0 Å². The minimum atomic E-state index is -4.87. The number of sulfonamides is 2. The van der Waals surface area contributed by atoms with E-state index < -0.39 is 32.2 Å². The molecule has 28 heavy (non-hydrogen) atoms. The smallest absolute Gasteiger partial charge is 0.406 e. The lowest BCUT2D eigenvalue weighted by molar-refractivity contribution is -0.274. The highest BCUT2D eigenvalue weighted by atomic mass is 32.2. The number of halogens is 3. The summed E-state index contributed by atoms with van der Waals surface area (Å²) < 4.78 is 93.1. The molecule has 0 saturated carbocycles. The molecule has 0 radical (unpaired) electrons. The van der Waals surface area contributed by atoms with Crippen molar-refractivity contribution in [1.82, 2.24) is 8.61 Å². The fraction of sp³-hybridized carbons (Fsp3) is 0.333. The average Bonchev–Trinajstić information content (AvgIpc) is 3.16. The van der Waals surface area contributed by atoms with Crippen LogP contribution in [0.4, 0.5) is 13.2 Å². The molecule has 1 aromatic carbocycles. The zero-order valence-corrected chi connectivity index (χ0v) is 16.6. The third kappa shape index (κ3) is 4.49. The highest BCUT2D eigenvalue weighted by Gasteiger charge is 2.35. The molecule has 2 heterocycles. The summed E-state index contributed by atoms with van der Waals surface area (Å²) in [6.45, 7) is -0.162. The Morgan fingerprint density at radius 1 is 0.857 bits per heavy atom. The first kappa shape index (κ1) is 21.0. The summed E-state index contributed by atoms with van der Waals surface area (Å²) in [5.41, 5.74) is 0. The van der Waals surface area contributed by atoms with Gasteiger partial charge in [0.25, 0.3) is 10.0 Å². The van der Waals surface area contributed by atoms with E-state index in [2.05, 4.69) is 4.74 Å². The quantitative estimate of drug-likeness (QED) is 0.690. The van der Waals surface area contributed by atoms with Gasteiger partial charge in [-0.05, 0) is 35.7 Å². The standard InChI is InChI=1S/C15H15F3N2O5S3/c16-15(17,18)25-12-3-5-13(6-4-12)27(21,22)19-7-9-20(10-8-19)28(23,24)14-2-1-11-26-14/h1-6,11H,7-10H2. The van der Waals surface area contributed by atoms with Gasteiger partial charge in [-0.15, -0.1) is 24.5 Å². The highest BCUT2D eigenvalue weighted by molar-refractivity contribution is 7.91. The number of nitrogens with zero attached hydrogens (tertiary/aromatic N) is 2. The number of alkyl halides is 3. The minimum absolute atomic E-state index is 0.0191. The van der Waals surface area contributed by atoms with Crippen molar-refractivity contribution in [3.8, 4) is 5.75 Å². The van der Waals surface area contributed by atoms with Crippen molar-refractivity contribution in [2.24, 2.45) is 0 Å². The maximum Gasteiger partial charge on any atom is 0.573 e. The molecule has 1 saturated heterocycles. The van der Waals surface area contributed by atoms with Gasteiger partial charge in [0.15, 0.2) is 0 Å². The van der Waals surface area contributed by atoms with Crippen LogP contribution in [0.25, 0.3) is 0 Å². The van der Waals surface area contributed by atoms with Crippen molar-refractivity contribution >= 4 is 31.4 Å². The van der Waals surface area contributed by atoms with E-state index in [0.29, 0.717) is 0 Å². The second-order valence-corrected chi connectivity index (χ2v) is 10.8. The molecule has 1 fully saturated rings. The van der Waals surface area contributed by atoms with Gasteiger partial charge in [-0.3, -0.25) is 0 Å². The Labute approximate surface area is 164 Å². The first-order valence-electron chi connectivity index (χ1n) is 7.90. The van der Waals surface area contributed by atoms with Gasteiger partial charge in [-0.1, -0.05) is 6.07 Å². The third-order valence-electron chi connectivity index (χ3n) is 3.98. The fourth-order valence-electron chi connectivity index (χ4n) is 2.65. The number of hydrogen-bond acceptors (Lipinski definition) is 6. The van der Waals surface area contributed by atoms with Crippen LogP contribution in [-0.4, -0.2) is 58.0 Å². The first-order chi connectivity index (χ1) is 13.0. The largest absolute Gasteiger partial charge is 0.573 e. The number of piperazine rings is 1. The topological polar surface area (TPSA) is 84.0 Å². The molecule has 0 amide bonds. The number of hydrogen-bond donors (Lipinski definition) is 0. The summed E-state index contributed by atoms with van der Waals surface area (Å²) in [4.78, 5) is -0.198. The number of ether oxygens (including phenoxy) is 1. The second-order valence-electron chi connectivity index (χ2n) is 5.76. The molecule has 1 aromatic heterocycles. The Morgan fingerprint density at radius 3 is 1.86 bits per heavy atom. The van der Waals surface area contributed by atoms with Gasteiger partial charge in [-0.2, -0.15) is 8.61 Å². The molecule has 7 nitrogen and oxygen atoms in total. The van der Waals surface area contributed by atoms with Gasteiger partial charge in [0.1, 0.15) is 9.96 Å². The summed E-state index contributed by atoms with van der Waals surface area (Å²) in [5, 5.41) is 1.64. The number of benzene rings is 1. The number of rotatable bonds is 5. The van der Waals surface area contributed by atoms with Crippen LogP contribution in [0.5, 0.6) is 5.75 Å². The summed E-state index contributed by atoms with van der Waals surface area (Å²) in [6.07, 6.45) is -4.87. The van der Waals surface area contributed by atoms with Crippen LogP contribution in [-0.2, 0) is 20.0 Å². The molecule has 154 valence electrons. The monoisotopic (exact) mass is 456 g/mol. The molecule has 3 rings (SSSR count). The Kier molecular flexibility index (Phi) is 5.74. The molecule has 2 aromatic rings. The van der Waals surface area contributed by atoms with Crippen LogP contribution in [0, 0.1) is 0 Å². The van der Waals surface area contributed by atoms with Gasteiger partial charge >= 0.3 is 6.36 Å². The predicted octanol–water partition coefficient (Wildman–Crippen LogP) is 2.34. The molecular formula is C15H15F3N2O5S3. The second kappa shape index (κ2) is 7.63. The molecule has 0 unspecified atom stereocenters. The van der Waals surface area contributed by atoms with E-state index in [-0.39, 0.29) is 35.3 Å². The van der Waals surface area contributed by atoms with Gasteiger partial charge in [0.05, 0.1) is 4.90 Å². The van der Waals surface area contributed by atoms with Crippen molar-refractivity contribution in [2.75, 3.05) is 26.2 Å². The van der Waals surface area contributed by atoms with Gasteiger partial charge in [-0.25, -0.2) is 16.8 Å². The van der Waals surface area contributed by atoms with E-state index >= 15 is 0 Å². The Hall–Kier alpha value is -1.67. The van der Waals surface area contributed by atoms with E-state index in [4.69, 9.17) is 0 Å². The van der Waals surface area contributed by atoms with Gasteiger partial charge in [0.2, 0.25) is 10.0 Å². The fourth-order valence-corrected chi connectivity index (χ4v) is 6.64. The number of thiophene rings is 1. The summed E-state index contributed by atoms with van der Waals surface area (Å²) >= 11 is 1.08. The van der Waals surface area contributed by atoms with Crippen LogP contribution < -0.4 is 4.74 Å². The average molecular weight is 456 g/mol. The maximum absolute atomic E-state index is 12.7. The molecule has 0 atom stereocenters. The Bertz CT molecular complexity index is 1010. The predicted molar refractivity (Wildman–Crippen MR) is 95.0 cm³/mol. The lowest BCUT2D eigenvalue weighted by atomic mass is 10.3. The van der Waals surface area contributed by atoms with Crippen molar-refractivity contribution in [1.29, 1.82) is 0 Å². The Morgan fingerprint density at radius 2 is 1.39 bits per heavy atom. The van der Waals surface area contributed by atoms with E-state index in [1.807, 2.05) is 0 Å². The third-order valence-corrected chi connectivity index (χ3v) is 9.17. The van der Waals surface area contributed by atoms with Crippen molar-refractivity contribution in [2.45, 2.75) is 15.5 Å². The lowest BCUT2D eigenvalue weighted by Crippen LogP contribution is -2.50. The van der Waals surface area contributed by atoms with Gasteiger partial charge < -0.3 is 4.74 Å².